The molecule has 0 radical (unpaired) electrons. The van der Waals surface area contributed by atoms with Gasteiger partial charge in [0.25, 0.3) is 5.91 Å². The van der Waals surface area contributed by atoms with E-state index in [0.29, 0.717) is 13.1 Å². The molecule has 0 aliphatic carbocycles. The van der Waals surface area contributed by atoms with Crippen LogP contribution in [0.5, 0.6) is 0 Å². The molecule has 2 saturated heterocycles. The van der Waals surface area contributed by atoms with Gasteiger partial charge in [0.05, 0.1) is 30.6 Å². The molecule has 6 atom stereocenters. The van der Waals surface area contributed by atoms with Gasteiger partial charge in [-0.1, -0.05) is 36.4 Å². The van der Waals surface area contributed by atoms with Gasteiger partial charge in [-0.2, -0.15) is 0 Å². The molecule has 2 fully saturated rings. The summed E-state index contributed by atoms with van der Waals surface area (Å²) in [7, 11) is 1.71. The van der Waals surface area contributed by atoms with Crippen LogP contribution in [-0.4, -0.2) is 83.2 Å². The summed E-state index contributed by atoms with van der Waals surface area (Å²) in [4.78, 5) is 46.2. The van der Waals surface area contributed by atoms with Gasteiger partial charge in [0.15, 0.2) is 0 Å². The van der Waals surface area contributed by atoms with E-state index in [0.717, 1.165) is 16.8 Å². The van der Waals surface area contributed by atoms with Crippen molar-refractivity contribution in [3.05, 3.63) is 53.6 Å². The number of aliphatic hydroxyl groups is 1. The minimum atomic E-state index is -1.28. The molecule has 1 N–H and O–H groups in total. The molecule has 0 bridgehead atoms. The molecule has 180 valence electrons. The Hall–Kier alpha value is -2.97. The number of rotatable bonds is 3. The quantitative estimate of drug-likeness (QED) is 0.678. The first-order chi connectivity index (χ1) is 16.2. The van der Waals surface area contributed by atoms with Crippen LogP contribution >= 0.6 is 0 Å². The van der Waals surface area contributed by atoms with Crippen molar-refractivity contribution in [2.75, 3.05) is 31.6 Å². The molecule has 3 amide bonds. The predicted molar refractivity (Wildman–Crippen MR) is 126 cm³/mol. The fourth-order valence-corrected chi connectivity index (χ4v) is 5.99. The maximum atomic E-state index is 14.2. The van der Waals surface area contributed by atoms with Crippen molar-refractivity contribution in [2.24, 2.45) is 11.8 Å². The van der Waals surface area contributed by atoms with Gasteiger partial charge >= 0.3 is 0 Å². The van der Waals surface area contributed by atoms with E-state index in [4.69, 9.17) is 4.74 Å². The van der Waals surface area contributed by atoms with Crippen LogP contribution in [0.3, 0.4) is 0 Å². The van der Waals surface area contributed by atoms with E-state index in [1.165, 1.54) is 4.90 Å². The molecule has 1 aromatic rings. The Morgan fingerprint density at radius 3 is 2.62 bits per heavy atom. The first-order valence-corrected chi connectivity index (χ1v) is 11.8. The predicted octanol–water partition coefficient (Wildman–Crippen LogP) is 1.20. The molecule has 0 saturated carbocycles. The number of aliphatic hydroxyl groups excluding tert-OH is 1. The summed E-state index contributed by atoms with van der Waals surface area (Å²) in [6.45, 7) is 6.11. The molecule has 34 heavy (non-hydrogen) atoms. The number of ether oxygens (including phenoxy) is 1. The van der Waals surface area contributed by atoms with Crippen LogP contribution in [-0.2, 0) is 19.1 Å². The summed E-state index contributed by atoms with van der Waals surface area (Å²) in [5.41, 5.74) is 1.47. The number of fused-ring (bicyclic) bond motifs is 2. The molecule has 0 aromatic heterocycles. The molecule has 4 heterocycles. The number of carbonyl (C=O) groups excluding carboxylic acids is 3. The second-order valence-electron chi connectivity index (χ2n) is 9.91. The number of likely N-dealkylation sites (tertiary alicyclic amines) is 1. The van der Waals surface area contributed by atoms with Crippen molar-refractivity contribution in [1.82, 2.24) is 9.80 Å². The van der Waals surface area contributed by atoms with Crippen molar-refractivity contribution in [1.29, 1.82) is 0 Å². The van der Waals surface area contributed by atoms with Gasteiger partial charge in [-0.15, -0.1) is 0 Å². The highest BCUT2D eigenvalue weighted by Crippen LogP contribution is 2.54. The summed E-state index contributed by atoms with van der Waals surface area (Å²) >= 11 is 0. The minimum Gasteiger partial charge on any atom is -0.394 e. The molecule has 4 aliphatic heterocycles. The SMILES string of the molecule is Cc1ccc(C)c(N2CC=C[C@]34O[C@@H]5C=CCN(C)C(=O)[C@@H]5[C@H]3C(=O)N([C@H](C)CO)C4C2=O)c1. The van der Waals surface area contributed by atoms with Crippen molar-refractivity contribution < 1.29 is 24.2 Å². The lowest BCUT2D eigenvalue weighted by molar-refractivity contribution is -0.146. The first kappa shape index (κ1) is 22.8. The summed E-state index contributed by atoms with van der Waals surface area (Å²) in [5, 5.41) is 9.99. The van der Waals surface area contributed by atoms with Crippen LogP contribution < -0.4 is 4.90 Å². The molecule has 1 unspecified atom stereocenters. The zero-order valence-electron chi connectivity index (χ0n) is 20.0. The zero-order chi connectivity index (χ0) is 24.4. The number of carbonyl (C=O) groups is 3. The van der Waals surface area contributed by atoms with E-state index in [2.05, 4.69) is 0 Å². The molecule has 1 aromatic carbocycles. The van der Waals surface area contributed by atoms with Gasteiger partial charge in [-0.25, -0.2) is 0 Å². The Kier molecular flexibility index (Phi) is 5.41. The third-order valence-electron chi connectivity index (χ3n) is 7.69. The second-order valence-corrected chi connectivity index (χ2v) is 9.91. The lowest BCUT2D eigenvalue weighted by Gasteiger charge is -2.37. The highest BCUT2D eigenvalue weighted by atomic mass is 16.5. The Bertz CT molecular complexity index is 1110. The van der Waals surface area contributed by atoms with E-state index in [1.54, 1.807) is 23.8 Å². The number of amides is 3. The molecule has 5 rings (SSSR count). The number of aryl methyl sites for hydroxylation is 2. The Balaban J connectivity index is 1.66. The average molecular weight is 466 g/mol. The van der Waals surface area contributed by atoms with Gasteiger partial charge in [0.1, 0.15) is 11.6 Å². The number of benzene rings is 1. The molecule has 8 nitrogen and oxygen atoms in total. The summed E-state index contributed by atoms with van der Waals surface area (Å²) in [6, 6.07) is 4.35. The Morgan fingerprint density at radius 1 is 1.12 bits per heavy atom. The zero-order valence-corrected chi connectivity index (χ0v) is 20.0. The lowest BCUT2D eigenvalue weighted by atomic mass is 9.77. The van der Waals surface area contributed by atoms with E-state index >= 15 is 0 Å². The summed E-state index contributed by atoms with van der Waals surface area (Å²) < 4.78 is 6.55. The van der Waals surface area contributed by atoms with E-state index in [1.807, 2.05) is 56.4 Å². The summed E-state index contributed by atoms with van der Waals surface area (Å²) in [6.07, 6.45) is 6.82. The minimum absolute atomic E-state index is 0.168. The van der Waals surface area contributed by atoms with Gasteiger partial charge in [-0.05, 0) is 38.0 Å². The Morgan fingerprint density at radius 2 is 1.88 bits per heavy atom. The second kappa shape index (κ2) is 8.06. The smallest absolute Gasteiger partial charge is 0.253 e. The van der Waals surface area contributed by atoms with Gasteiger partial charge in [-0.3, -0.25) is 14.4 Å². The topological polar surface area (TPSA) is 90.4 Å². The van der Waals surface area contributed by atoms with Crippen LogP contribution in [0.25, 0.3) is 0 Å². The van der Waals surface area contributed by atoms with E-state index < -0.39 is 35.6 Å². The lowest BCUT2D eigenvalue weighted by Crippen LogP contribution is -2.57. The highest BCUT2D eigenvalue weighted by molar-refractivity contribution is 6.06. The number of hydrogen-bond donors (Lipinski definition) is 1. The van der Waals surface area contributed by atoms with Crippen LogP contribution in [0.4, 0.5) is 5.69 Å². The van der Waals surface area contributed by atoms with Crippen molar-refractivity contribution >= 4 is 23.4 Å². The van der Waals surface area contributed by atoms with Crippen molar-refractivity contribution in [3.63, 3.8) is 0 Å². The normalized spacial score (nSPS) is 33.6. The molecular formula is C26H31N3O5. The number of likely N-dealkylation sites (N-methyl/N-ethyl adjacent to an activating group) is 1. The van der Waals surface area contributed by atoms with Crippen LogP contribution in [0.1, 0.15) is 18.1 Å². The van der Waals surface area contributed by atoms with Gasteiger partial charge in [0.2, 0.25) is 11.8 Å². The average Bonchev–Trinajstić information content (AvgIpc) is 3.15. The van der Waals surface area contributed by atoms with Crippen LogP contribution in [0.15, 0.2) is 42.5 Å². The highest BCUT2D eigenvalue weighted by Gasteiger charge is 2.72. The van der Waals surface area contributed by atoms with E-state index in [9.17, 15) is 19.5 Å². The number of anilines is 1. The summed E-state index contributed by atoms with van der Waals surface area (Å²) in [5.74, 6) is -2.32. The van der Waals surface area contributed by atoms with Gasteiger partial charge in [0, 0.05) is 25.8 Å². The molecule has 1 spiro atoms. The maximum Gasteiger partial charge on any atom is 0.253 e. The van der Waals surface area contributed by atoms with Crippen LogP contribution in [0.2, 0.25) is 0 Å². The third-order valence-corrected chi connectivity index (χ3v) is 7.69. The van der Waals surface area contributed by atoms with Gasteiger partial charge < -0.3 is 24.5 Å². The number of hydrogen-bond acceptors (Lipinski definition) is 5. The fourth-order valence-electron chi connectivity index (χ4n) is 5.99. The number of nitrogens with zero attached hydrogens (tertiary/aromatic N) is 3. The third kappa shape index (κ3) is 3.08. The van der Waals surface area contributed by atoms with Crippen molar-refractivity contribution in [2.45, 2.75) is 44.6 Å². The Labute approximate surface area is 199 Å². The largest absolute Gasteiger partial charge is 0.394 e. The first-order valence-electron chi connectivity index (χ1n) is 11.8. The molecule has 8 heteroatoms. The van der Waals surface area contributed by atoms with E-state index in [-0.39, 0.29) is 24.3 Å². The van der Waals surface area contributed by atoms with Crippen LogP contribution in [0, 0.1) is 25.7 Å². The standard InChI is InChI=1S/C26H31N3O5/c1-15-8-9-16(2)18(13-15)28-12-6-10-26-21(20-19(34-26)7-5-11-27(4)23(20)31)24(32)29(17(3)14-30)22(26)25(28)33/h5-10,13,17,19-22,30H,11-12,14H2,1-4H3/t17-,19-,20+,21+,22?,26+/m1/s1. The molecular weight excluding hydrogens is 434 g/mol. The fraction of sp³-hybridized carbons (Fsp3) is 0.500. The van der Waals surface area contributed by atoms with Crippen molar-refractivity contribution in [3.8, 4) is 0 Å². The monoisotopic (exact) mass is 465 g/mol. The maximum absolute atomic E-state index is 14.2. The molecule has 4 aliphatic rings.